The molecule has 0 aliphatic carbocycles. The predicted octanol–water partition coefficient (Wildman–Crippen LogP) is 1.88. The van der Waals surface area contributed by atoms with E-state index in [9.17, 15) is 14.4 Å². The maximum Gasteiger partial charge on any atom is 0.251 e. The fourth-order valence-electron chi connectivity index (χ4n) is 3.37. The zero-order valence-electron chi connectivity index (χ0n) is 15.5. The van der Waals surface area contributed by atoms with Gasteiger partial charge in [-0.05, 0) is 35.1 Å². The van der Waals surface area contributed by atoms with E-state index in [0.29, 0.717) is 32.6 Å². The van der Waals surface area contributed by atoms with Crippen LogP contribution in [0.2, 0.25) is 0 Å². The van der Waals surface area contributed by atoms with E-state index in [4.69, 9.17) is 0 Å². The molecule has 138 valence electrons. The van der Waals surface area contributed by atoms with Crippen LogP contribution in [0.3, 0.4) is 0 Å². The molecular formula is C20H25N3O3. The lowest BCUT2D eigenvalue weighted by molar-refractivity contribution is -0.138. The largest absolute Gasteiger partial charge is 0.339 e. The minimum atomic E-state index is -0.0559. The number of nitrogens with one attached hydrogen (secondary N) is 1. The normalized spacial score (nSPS) is 14.9. The van der Waals surface area contributed by atoms with Crippen molar-refractivity contribution < 1.29 is 9.59 Å². The Morgan fingerprint density at radius 3 is 2.35 bits per heavy atom. The van der Waals surface area contributed by atoms with E-state index in [1.54, 1.807) is 11.8 Å². The first-order valence-electron chi connectivity index (χ1n) is 9.04. The summed E-state index contributed by atoms with van der Waals surface area (Å²) in [6.45, 7) is 7.89. The van der Waals surface area contributed by atoms with Crippen molar-refractivity contribution in [1.29, 1.82) is 0 Å². The Morgan fingerprint density at radius 1 is 1.08 bits per heavy atom. The Bertz CT molecular complexity index is 893. The van der Waals surface area contributed by atoms with Crippen LogP contribution in [0.5, 0.6) is 0 Å². The number of aromatic amines is 1. The van der Waals surface area contributed by atoms with Crippen LogP contribution in [-0.4, -0.2) is 52.8 Å². The van der Waals surface area contributed by atoms with Gasteiger partial charge in [0.05, 0.1) is 6.42 Å². The van der Waals surface area contributed by atoms with E-state index >= 15 is 0 Å². The number of carbonyl (C=O) groups excluding carboxylic acids is 2. The molecule has 6 nitrogen and oxygen atoms in total. The van der Waals surface area contributed by atoms with Crippen molar-refractivity contribution in [1.82, 2.24) is 14.8 Å². The Hall–Kier alpha value is -2.63. The van der Waals surface area contributed by atoms with Gasteiger partial charge in [0, 0.05) is 44.2 Å². The van der Waals surface area contributed by atoms with Gasteiger partial charge in [-0.15, -0.1) is 0 Å². The molecule has 26 heavy (non-hydrogen) atoms. The fourth-order valence-corrected chi connectivity index (χ4v) is 3.37. The molecule has 1 aromatic heterocycles. The Morgan fingerprint density at radius 2 is 1.73 bits per heavy atom. The molecule has 6 heteroatoms. The van der Waals surface area contributed by atoms with Crippen molar-refractivity contribution >= 4 is 22.7 Å². The molecule has 0 atom stereocenters. The zero-order chi connectivity index (χ0) is 18.8. The first-order chi connectivity index (χ1) is 12.3. The van der Waals surface area contributed by atoms with Crippen LogP contribution < -0.4 is 5.56 Å². The van der Waals surface area contributed by atoms with Gasteiger partial charge in [0.25, 0.3) is 5.56 Å². The summed E-state index contributed by atoms with van der Waals surface area (Å²) in [6.07, 6.45) is 0.326. The number of rotatable bonds is 3. The number of aromatic nitrogens is 1. The summed E-state index contributed by atoms with van der Waals surface area (Å²) < 4.78 is 0. The number of fused-ring (bicyclic) bond motifs is 1. The van der Waals surface area contributed by atoms with E-state index in [1.807, 2.05) is 43.0 Å². The molecule has 2 aromatic rings. The zero-order valence-corrected chi connectivity index (χ0v) is 15.5. The van der Waals surface area contributed by atoms with Crippen LogP contribution >= 0.6 is 0 Å². The van der Waals surface area contributed by atoms with Crippen molar-refractivity contribution in [3.8, 4) is 0 Å². The number of pyridine rings is 1. The Labute approximate surface area is 152 Å². The summed E-state index contributed by atoms with van der Waals surface area (Å²) in [7, 11) is 0. The molecule has 2 amide bonds. The summed E-state index contributed by atoms with van der Waals surface area (Å²) in [6, 6.07) is 7.63. The molecule has 1 N–H and O–H groups in total. The van der Waals surface area contributed by atoms with E-state index in [0.717, 1.165) is 22.0 Å². The lowest BCUT2D eigenvalue weighted by Gasteiger charge is -2.34. The number of nitrogens with zero attached hydrogens (tertiary/aromatic N) is 2. The fraction of sp³-hybridized carbons (Fsp3) is 0.450. The van der Waals surface area contributed by atoms with Gasteiger partial charge in [-0.1, -0.05) is 19.9 Å². The van der Waals surface area contributed by atoms with Gasteiger partial charge in [-0.25, -0.2) is 0 Å². The molecule has 0 radical (unpaired) electrons. The van der Waals surface area contributed by atoms with Crippen LogP contribution in [0.1, 0.15) is 37.8 Å². The highest BCUT2D eigenvalue weighted by molar-refractivity contribution is 5.84. The van der Waals surface area contributed by atoms with Gasteiger partial charge in [0.15, 0.2) is 0 Å². The monoisotopic (exact) mass is 355 g/mol. The number of amides is 2. The molecule has 2 heterocycles. The SMILES string of the molecule is CC(=O)N1CCN(C(=O)Cc2ccc3[nH]c(=O)c(C(C)C)cc3c2)CC1. The molecule has 1 aliphatic heterocycles. The highest BCUT2D eigenvalue weighted by Gasteiger charge is 2.22. The summed E-state index contributed by atoms with van der Waals surface area (Å²) >= 11 is 0. The van der Waals surface area contributed by atoms with Crippen LogP contribution in [0.25, 0.3) is 10.9 Å². The third-order valence-corrected chi connectivity index (χ3v) is 4.99. The minimum absolute atomic E-state index is 0.0559. The summed E-state index contributed by atoms with van der Waals surface area (Å²) in [5.74, 6) is 0.272. The van der Waals surface area contributed by atoms with E-state index in [1.165, 1.54) is 0 Å². The molecule has 1 saturated heterocycles. The average molecular weight is 355 g/mol. The number of benzene rings is 1. The summed E-state index contributed by atoms with van der Waals surface area (Å²) in [4.78, 5) is 42.5. The number of hydrogen-bond acceptors (Lipinski definition) is 3. The van der Waals surface area contributed by atoms with Gasteiger partial charge in [-0.3, -0.25) is 14.4 Å². The smallest absolute Gasteiger partial charge is 0.251 e. The molecule has 1 aliphatic rings. The van der Waals surface area contributed by atoms with Crippen LogP contribution in [0.15, 0.2) is 29.1 Å². The van der Waals surface area contributed by atoms with Crippen molar-refractivity contribution in [3.63, 3.8) is 0 Å². The highest BCUT2D eigenvalue weighted by atomic mass is 16.2. The maximum absolute atomic E-state index is 12.6. The third kappa shape index (κ3) is 3.79. The van der Waals surface area contributed by atoms with Crippen LogP contribution in [0, 0.1) is 0 Å². The van der Waals surface area contributed by atoms with Crippen molar-refractivity contribution in [3.05, 3.63) is 45.7 Å². The lowest BCUT2D eigenvalue weighted by Crippen LogP contribution is -2.50. The number of carbonyl (C=O) groups is 2. The Kier molecular flexibility index (Phi) is 5.11. The molecule has 1 aromatic carbocycles. The number of H-pyrrole nitrogens is 1. The van der Waals surface area contributed by atoms with Gasteiger partial charge in [-0.2, -0.15) is 0 Å². The van der Waals surface area contributed by atoms with E-state index < -0.39 is 0 Å². The van der Waals surface area contributed by atoms with E-state index in [2.05, 4.69) is 4.98 Å². The van der Waals surface area contributed by atoms with Crippen molar-refractivity contribution in [2.75, 3.05) is 26.2 Å². The van der Waals surface area contributed by atoms with Gasteiger partial charge in [0.2, 0.25) is 11.8 Å². The van der Waals surface area contributed by atoms with Crippen LogP contribution in [-0.2, 0) is 16.0 Å². The first-order valence-corrected chi connectivity index (χ1v) is 9.04. The minimum Gasteiger partial charge on any atom is -0.339 e. The maximum atomic E-state index is 12.6. The number of piperazine rings is 1. The van der Waals surface area contributed by atoms with E-state index in [-0.39, 0.29) is 23.3 Å². The average Bonchev–Trinajstić information content (AvgIpc) is 2.61. The number of hydrogen-bond donors (Lipinski definition) is 1. The molecule has 0 spiro atoms. The second-order valence-electron chi connectivity index (χ2n) is 7.19. The topological polar surface area (TPSA) is 73.5 Å². The first kappa shape index (κ1) is 18.2. The molecule has 0 bridgehead atoms. The molecular weight excluding hydrogens is 330 g/mol. The highest BCUT2D eigenvalue weighted by Crippen LogP contribution is 2.18. The molecule has 1 fully saturated rings. The second-order valence-corrected chi connectivity index (χ2v) is 7.19. The summed E-state index contributed by atoms with van der Waals surface area (Å²) in [5.41, 5.74) is 2.41. The second kappa shape index (κ2) is 7.32. The predicted molar refractivity (Wildman–Crippen MR) is 101 cm³/mol. The standard InChI is InChI=1S/C20H25N3O3/c1-13(2)17-12-16-10-15(4-5-18(16)21-20(17)26)11-19(25)23-8-6-22(7-9-23)14(3)24/h4-5,10,12-13H,6-9,11H2,1-3H3,(H,21,26). The van der Waals surface area contributed by atoms with Gasteiger partial charge in [0.1, 0.15) is 0 Å². The lowest BCUT2D eigenvalue weighted by atomic mass is 10.0. The third-order valence-electron chi connectivity index (χ3n) is 4.99. The Balaban J connectivity index is 1.74. The molecule has 0 unspecified atom stereocenters. The summed E-state index contributed by atoms with van der Waals surface area (Å²) in [5, 5.41) is 0.944. The quantitative estimate of drug-likeness (QED) is 0.914. The van der Waals surface area contributed by atoms with Crippen molar-refractivity contribution in [2.24, 2.45) is 0 Å². The van der Waals surface area contributed by atoms with Crippen LogP contribution in [0.4, 0.5) is 0 Å². The van der Waals surface area contributed by atoms with Gasteiger partial charge >= 0.3 is 0 Å². The molecule has 0 saturated carbocycles. The van der Waals surface area contributed by atoms with Crippen molar-refractivity contribution in [2.45, 2.75) is 33.1 Å². The molecule has 3 rings (SSSR count). The van der Waals surface area contributed by atoms with Gasteiger partial charge < -0.3 is 14.8 Å².